The minimum Gasteiger partial charge on any atom is -0.212 e. The molecular formula is C3H2N6. The van der Waals surface area contributed by atoms with Crippen LogP contribution in [0.3, 0.4) is 0 Å². The van der Waals surface area contributed by atoms with Crippen LogP contribution in [0.5, 0.6) is 0 Å². The monoisotopic (exact) mass is 122 g/mol. The summed E-state index contributed by atoms with van der Waals surface area (Å²) in [7, 11) is 0. The first kappa shape index (κ1) is 4.30. The van der Waals surface area contributed by atoms with Crippen LogP contribution in [0.4, 0.5) is 0 Å². The molecule has 0 N–H and O–H groups in total. The number of fused-ring (bicyclic) bond motifs is 1. The fourth-order valence-electron chi connectivity index (χ4n) is 0.529. The lowest BCUT2D eigenvalue weighted by Crippen LogP contribution is -1.97. The number of hydrogen-bond donors (Lipinski definition) is 0. The van der Waals surface area contributed by atoms with Gasteiger partial charge in [-0.2, -0.15) is 0 Å². The van der Waals surface area contributed by atoms with Crippen LogP contribution in [-0.4, -0.2) is 30.2 Å². The second kappa shape index (κ2) is 1.44. The third kappa shape index (κ3) is 0.525. The smallest absolute Gasteiger partial charge is 0.199 e. The molecule has 0 aliphatic carbocycles. The zero-order chi connectivity index (χ0) is 6.10. The van der Waals surface area contributed by atoms with Crippen LogP contribution in [0.1, 0.15) is 0 Å². The Morgan fingerprint density at radius 3 is 3.00 bits per heavy atom. The van der Waals surface area contributed by atoms with E-state index in [0.29, 0.717) is 5.65 Å². The van der Waals surface area contributed by atoms with E-state index in [1.54, 1.807) is 0 Å². The molecule has 0 amide bonds. The van der Waals surface area contributed by atoms with Crippen molar-refractivity contribution in [3.63, 3.8) is 0 Å². The lowest BCUT2D eigenvalue weighted by atomic mass is 10.8. The van der Waals surface area contributed by atoms with Crippen molar-refractivity contribution in [2.45, 2.75) is 0 Å². The molecule has 0 saturated carbocycles. The molecule has 6 nitrogen and oxygen atoms in total. The fourth-order valence-corrected chi connectivity index (χ4v) is 0.529. The maximum atomic E-state index is 3.81. The van der Waals surface area contributed by atoms with Gasteiger partial charge in [-0.25, -0.2) is 4.98 Å². The molecule has 0 aliphatic rings. The Kier molecular flexibility index (Phi) is 0.689. The van der Waals surface area contributed by atoms with E-state index in [-0.39, 0.29) is 0 Å². The number of rotatable bonds is 0. The van der Waals surface area contributed by atoms with Crippen LogP contribution >= 0.6 is 0 Å². The molecule has 2 aromatic rings. The van der Waals surface area contributed by atoms with Gasteiger partial charge in [0.2, 0.25) is 0 Å². The first-order valence-corrected chi connectivity index (χ1v) is 2.31. The van der Waals surface area contributed by atoms with E-state index in [2.05, 4.69) is 25.6 Å². The van der Waals surface area contributed by atoms with E-state index in [0.717, 1.165) is 0 Å². The van der Waals surface area contributed by atoms with E-state index in [1.807, 2.05) is 0 Å². The summed E-state index contributed by atoms with van der Waals surface area (Å²) in [5, 5.41) is 14.2. The van der Waals surface area contributed by atoms with Gasteiger partial charge in [0.15, 0.2) is 5.65 Å². The highest BCUT2D eigenvalue weighted by Crippen LogP contribution is 1.84. The third-order valence-electron chi connectivity index (χ3n) is 0.892. The maximum Gasteiger partial charge on any atom is 0.199 e. The first-order valence-electron chi connectivity index (χ1n) is 2.31. The van der Waals surface area contributed by atoms with E-state index in [4.69, 9.17) is 0 Å². The summed E-state index contributed by atoms with van der Waals surface area (Å²) in [6.07, 6.45) is 2.85. The Labute approximate surface area is 49.5 Å². The minimum absolute atomic E-state index is 0.602. The van der Waals surface area contributed by atoms with Gasteiger partial charge in [-0.3, -0.25) is 0 Å². The van der Waals surface area contributed by atoms with Gasteiger partial charge in [0.25, 0.3) is 0 Å². The summed E-state index contributed by atoms with van der Waals surface area (Å²) >= 11 is 0. The van der Waals surface area contributed by atoms with Gasteiger partial charge < -0.3 is 0 Å². The standard InChI is InChI=1S/C3H2N6/c1-3-4-2-6-8-9(3)7-5-1/h1-2H. The van der Waals surface area contributed by atoms with Gasteiger partial charge in [-0.05, 0) is 10.4 Å². The lowest BCUT2D eigenvalue weighted by Gasteiger charge is -1.80. The molecule has 0 saturated heterocycles. The summed E-state index contributed by atoms with van der Waals surface area (Å²) in [5.74, 6) is 0. The second-order valence-corrected chi connectivity index (χ2v) is 1.43. The van der Waals surface area contributed by atoms with Gasteiger partial charge in [0.05, 0.1) is 6.20 Å². The molecule has 2 heterocycles. The Balaban J connectivity index is 2.95. The third-order valence-corrected chi connectivity index (χ3v) is 0.892. The maximum absolute atomic E-state index is 3.81. The normalized spacial score (nSPS) is 10.2. The molecule has 0 bridgehead atoms. The largest absolute Gasteiger partial charge is 0.212 e. The fraction of sp³-hybridized carbons (Fsp3) is 0. The molecule has 0 unspecified atom stereocenters. The van der Waals surface area contributed by atoms with Crippen LogP contribution in [-0.2, 0) is 0 Å². The number of aromatic nitrogens is 6. The van der Waals surface area contributed by atoms with E-state index >= 15 is 0 Å². The topological polar surface area (TPSA) is 68.9 Å². The molecule has 2 aromatic heterocycles. The summed E-state index contributed by atoms with van der Waals surface area (Å²) in [4.78, 5) is 3.81. The number of hydrogen-bond acceptors (Lipinski definition) is 5. The summed E-state index contributed by atoms with van der Waals surface area (Å²) in [6, 6.07) is 0. The Morgan fingerprint density at radius 2 is 2.11 bits per heavy atom. The molecule has 44 valence electrons. The highest BCUT2D eigenvalue weighted by molar-refractivity contribution is 5.27. The van der Waals surface area contributed by atoms with Gasteiger partial charge in [0.1, 0.15) is 6.33 Å². The van der Waals surface area contributed by atoms with Crippen molar-refractivity contribution in [2.75, 3.05) is 0 Å². The SMILES string of the molecule is c1nnn2nncc2n1. The first-order chi connectivity index (χ1) is 4.47. The van der Waals surface area contributed by atoms with Crippen molar-refractivity contribution in [1.82, 2.24) is 30.2 Å². The molecule has 0 aromatic carbocycles. The Hall–Kier alpha value is -1.59. The quantitative estimate of drug-likeness (QED) is 0.444. The molecule has 0 fully saturated rings. The average Bonchev–Trinajstić information content (AvgIpc) is 2.33. The van der Waals surface area contributed by atoms with Crippen molar-refractivity contribution >= 4 is 5.65 Å². The molecule has 0 aliphatic heterocycles. The zero-order valence-corrected chi connectivity index (χ0v) is 4.34. The van der Waals surface area contributed by atoms with Crippen LogP contribution in [0.2, 0.25) is 0 Å². The summed E-state index contributed by atoms with van der Waals surface area (Å²) < 4.78 is 1.25. The molecular weight excluding hydrogens is 120 g/mol. The van der Waals surface area contributed by atoms with E-state index < -0.39 is 0 Å². The molecule has 6 heteroatoms. The van der Waals surface area contributed by atoms with Crippen molar-refractivity contribution in [2.24, 2.45) is 0 Å². The van der Waals surface area contributed by atoms with Crippen molar-refractivity contribution in [1.29, 1.82) is 0 Å². The van der Waals surface area contributed by atoms with E-state index in [1.165, 1.54) is 17.2 Å². The zero-order valence-electron chi connectivity index (χ0n) is 4.34. The molecule has 0 radical (unpaired) electrons. The Morgan fingerprint density at radius 1 is 1.22 bits per heavy atom. The Bertz CT molecular complexity index is 282. The molecule has 2 rings (SSSR count). The predicted molar refractivity (Wildman–Crippen MR) is 26.4 cm³/mol. The van der Waals surface area contributed by atoms with Gasteiger partial charge >= 0.3 is 0 Å². The molecule has 9 heavy (non-hydrogen) atoms. The van der Waals surface area contributed by atoms with Crippen molar-refractivity contribution in [3.05, 3.63) is 12.5 Å². The predicted octanol–water partition coefficient (Wildman–Crippen LogP) is -1.09. The average molecular weight is 122 g/mol. The van der Waals surface area contributed by atoms with Crippen LogP contribution in [0.15, 0.2) is 12.5 Å². The summed E-state index contributed by atoms with van der Waals surface area (Å²) in [5.41, 5.74) is 0.602. The van der Waals surface area contributed by atoms with E-state index in [9.17, 15) is 0 Å². The van der Waals surface area contributed by atoms with Gasteiger partial charge in [-0.15, -0.1) is 10.2 Å². The molecule has 0 atom stereocenters. The highest BCUT2D eigenvalue weighted by Gasteiger charge is 1.91. The second-order valence-electron chi connectivity index (χ2n) is 1.43. The van der Waals surface area contributed by atoms with Crippen molar-refractivity contribution < 1.29 is 0 Å². The lowest BCUT2D eigenvalue weighted by molar-refractivity contribution is 0.667. The number of nitrogens with zero attached hydrogens (tertiary/aromatic N) is 6. The summed E-state index contributed by atoms with van der Waals surface area (Å²) in [6.45, 7) is 0. The van der Waals surface area contributed by atoms with Crippen LogP contribution in [0, 0.1) is 0 Å². The van der Waals surface area contributed by atoms with Crippen LogP contribution < -0.4 is 0 Å². The van der Waals surface area contributed by atoms with Gasteiger partial charge in [-0.1, -0.05) is 4.63 Å². The van der Waals surface area contributed by atoms with Gasteiger partial charge in [0, 0.05) is 0 Å². The van der Waals surface area contributed by atoms with Crippen LogP contribution in [0.25, 0.3) is 5.65 Å². The van der Waals surface area contributed by atoms with Crippen molar-refractivity contribution in [3.8, 4) is 0 Å². The minimum atomic E-state index is 0.602. The highest BCUT2D eigenvalue weighted by atomic mass is 15.6. The molecule has 0 spiro atoms.